The SMILES string of the molecule is COC(CNc1cccc2nccn12)OC. The van der Waals surface area contributed by atoms with Crippen molar-refractivity contribution in [1.29, 1.82) is 0 Å². The highest BCUT2D eigenvalue weighted by Gasteiger charge is 2.05. The molecule has 0 radical (unpaired) electrons. The predicted molar refractivity (Wildman–Crippen MR) is 61.5 cm³/mol. The second-order valence-corrected chi connectivity index (χ2v) is 3.35. The quantitative estimate of drug-likeness (QED) is 0.774. The molecule has 5 heteroatoms. The predicted octanol–water partition coefficient (Wildman–Crippen LogP) is 1.37. The molecule has 0 aliphatic heterocycles. The first-order chi connectivity index (χ1) is 7.85. The van der Waals surface area contributed by atoms with E-state index in [1.807, 2.05) is 28.8 Å². The number of anilines is 1. The molecular formula is C11H15N3O2. The Kier molecular flexibility index (Phi) is 3.38. The van der Waals surface area contributed by atoms with Crippen LogP contribution in [0.5, 0.6) is 0 Å². The minimum atomic E-state index is -0.251. The van der Waals surface area contributed by atoms with Gasteiger partial charge in [0.2, 0.25) is 0 Å². The normalized spacial score (nSPS) is 11.2. The Morgan fingerprint density at radius 3 is 2.94 bits per heavy atom. The zero-order valence-corrected chi connectivity index (χ0v) is 9.38. The second kappa shape index (κ2) is 4.96. The molecule has 0 fully saturated rings. The lowest BCUT2D eigenvalue weighted by Gasteiger charge is -2.15. The van der Waals surface area contributed by atoms with Gasteiger partial charge in [-0.25, -0.2) is 4.98 Å². The van der Waals surface area contributed by atoms with Gasteiger partial charge in [0.15, 0.2) is 6.29 Å². The van der Waals surface area contributed by atoms with Crippen LogP contribution in [0.4, 0.5) is 5.82 Å². The van der Waals surface area contributed by atoms with Crippen LogP contribution in [0.3, 0.4) is 0 Å². The van der Waals surface area contributed by atoms with Crippen molar-refractivity contribution in [2.75, 3.05) is 26.1 Å². The highest BCUT2D eigenvalue weighted by atomic mass is 16.7. The molecule has 0 saturated carbocycles. The summed E-state index contributed by atoms with van der Waals surface area (Å²) >= 11 is 0. The summed E-state index contributed by atoms with van der Waals surface area (Å²) in [5.41, 5.74) is 0.913. The van der Waals surface area contributed by atoms with E-state index in [2.05, 4.69) is 10.3 Å². The smallest absolute Gasteiger partial charge is 0.173 e. The average molecular weight is 221 g/mol. The Labute approximate surface area is 94.0 Å². The third kappa shape index (κ3) is 2.15. The minimum absolute atomic E-state index is 0.251. The summed E-state index contributed by atoms with van der Waals surface area (Å²) in [7, 11) is 3.24. The first kappa shape index (κ1) is 10.9. The van der Waals surface area contributed by atoms with E-state index < -0.39 is 0 Å². The topological polar surface area (TPSA) is 47.8 Å². The van der Waals surface area contributed by atoms with Gasteiger partial charge < -0.3 is 14.8 Å². The van der Waals surface area contributed by atoms with Gasteiger partial charge >= 0.3 is 0 Å². The number of hydrogen-bond acceptors (Lipinski definition) is 4. The number of ether oxygens (including phenoxy) is 2. The summed E-state index contributed by atoms with van der Waals surface area (Å²) in [6.45, 7) is 0.588. The summed E-state index contributed by atoms with van der Waals surface area (Å²) in [6, 6.07) is 5.89. The van der Waals surface area contributed by atoms with Crippen LogP contribution in [0, 0.1) is 0 Å². The molecule has 0 bridgehead atoms. The van der Waals surface area contributed by atoms with Crippen LogP contribution >= 0.6 is 0 Å². The molecule has 2 aromatic heterocycles. The van der Waals surface area contributed by atoms with Gasteiger partial charge in [-0.1, -0.05) is 6.07 Å². The number of rotatable bonds is 5. The van der Waals surface area contributed by atoms with E-state index >= 15 is 0 Å². The maximum atomic E-state index is 5.11. The molecule has 2 heterocycles. The molecule has 86 valence electrons. The number of nitrogens with zero attached hydrogens (tertiary/aromatic N) is 2. The molecule has 0 unspecified atom stereocenters. The summed E-state index contributed by atoms with van der Waals surface area (Å²) in [5.74, 6) is 0.967. The minimum Gasteiger partial charge on any atom is -0.366 e. The van der Waals surface area contributed by atoms with Gasteiger partial charge in [0, 0.05) is 26.6 Å². The molecule has 2 rings (SSSR count). The molecule has 0 spiro atoms. The van der Waals surface area contributed by atoms with E-state index in [1.165, 1.54) is 0 Å². The largest absolute Gasteiger partial charge is 0.366 e. The van der Waals surface area contributed by atoms with Gasteiger partial charge in [0.25, 0.3) is 0 Å². The third-order valence-corrected chi connectivity index (χ3v) is 2.40. The van der Waals surface area contributed by atoms with E-state index in [4.69, 9.17) is 9.47 Å². The standard InChI is InChI=1S/C11H15N3O2/c1-15-11(16-2)8-13-10-5-3-4-9-12-6-7-14(9)10/h3-7,11,13H,8H2,1-2H3. The van der Waals surface area contributed by atoms with Crippen molar-refractivity contribution in [3.05, 3.63) is 30.6 Å². The molecule has 2 aromatic rings. The van der Waals surface area contributed by atoms with Crippen LogP contribution in [0.1, 0.15) is 0 Å². The molecule has 0 aliphatic carbocycles. The Morgan fingerprint density at radius 1 is 1.38 bits per heavy atom. The summed E-state index contributed by atoms with van der Waals surface area (Å²) in [5, 5.41) is 3.25. The third-order valence-electron chi connectivity index (χ3n) is 2.40. The Balaban J connectivity index is 2.11. The molecule has 0 atom stereocenters. The number of methoxy groups -OCH3 is 2. The van der Waals surface area contributed by atoms with Gasteiger partial charge in [0.05, 0.1) is 6.54 Å². The molecular weight excluding hydrogens is 206 g/mol. The molecule has 1 N–H and O–H groups in total. The Bertz CT molecular complexity index is 451. The van der Waals surface area contributed by atoms with E-state index in [0.29, 0.717) is 6.54 Å². The number of hydrogen-bond donors (Lipinski definition) is 1. The number of nitrogens with one attached hydrogen (secondary N) is 1. The maximum Gasteiger partial charge on any atom is 0.173 e. The lowest BCUT2D eigenvalue weighted by Crippen LogP contribution is -2.24. The fourth-order valence-corrected chi connectivity index (χ4v) is 1.54. The van der Waals surface area contributed by atoms with Gasteiger partial charge in [-0.3, -0.25) is 4.40 Å². The molecule has 16 heavy (non-hydrogen) atoms. The zero-order valence-electron chi connectivity index (χ0n) is 9.38. The van der Waals surface area contributed by atoms with Crippen molar-refractivity contribution in [1.82, 2.24) is 9.38 Å². The highest BCUT2D eigenvalue weighted by Crippen LogP contribution is 2.10. The van der Waals surface area contributed by atoms with Gasteiger partial charge in [-0.15, -0.1) is 0 Å². The van der Waals surface area contributed by atoms with Crippen molar-refractivity contribution in [2.45, 2.75) is 6.29 Å². The van der Waals surface area contributed by atoms with Crippen molar-refractivity contribution in [2.24, 2.45) is 0 Å². The Hall–Kier alpha value is -1.59. The van der Waals surface area contributed by atoms with Gasteiger partial charge in [0.1, 0.15) is 11.5 Å². The van der Waals surface area contributed by atoms with Crippen LogP contribution in [0.2, 0.25) is 0 Å². The first-order valence-electron chi connectivity index (χ1n) is 5.06. The number of fused-ring (bicyclic) bond motifs is 1. The first-order valence-corrected chi connectivity index (χ1v) is 5.06. The lowest BCUT2D eigenvalue weighted by molar-refractivity contribution is -0.0914. The van der Waals surface area contributed by atoms with Crippen molar-refractivity contribution >= 4 is 11.5 Å². The fourth-order valence-electron chi connectivity index (χ4n) is 1.54. The molecule has 0 aromatic carbocycles. The summed E-state index contributed by atoms with van der Waals surface area (Å²) in [6.07, 6.45) is 3.43. The Morgan fingerprint density at radius 2 is 2.19 bits per heavy atom. The average Bonchev–Trinajstić information content (AvgIpc) is 2.79. The zero-order chi connectivity index (χ0) is 11.4. The van der Waals surface area contributed by atoms with E-state index in [1.54, 1.807) is 20.4 Å². The van der Waals surface area contributed by atoms with Crippen LogP contribution in [-0.4, -0.2) is 36.4 Å². The van der Waals surface area contributed by atoms with E-state index in [-0.39, 0.29) is 6.29 Å². The highest BCUT2D eigenvalue weighted by molar-refractivity contribution is 5.49. The van der Waals surface area contributed by atoms with Crippen molar-refractivity contribution in [3.63, 3.8) is 0 Å². The van der Waals surface area contributed by atoms with Crippen LogP contribution in [0.25, 0.3) is 5.65 Å². The number of imidazole rings is 1. The second-order valence-electron chi connectivity index (χ2n) is 3.35. The van der Waals surface area contributed by atoms with Crippen LogP contribution < -0.4 is 5.32 Å². The maximum absolute atomic E-state index is 5.11. The van der Waals surface area contributed by atoms with Gasteiger partial charge in [-0.2, -0.15) is 0 Å². The van der Waals surface area contributed by atoms with E-state index in [9.17, 15) is 0 Å². The van der Waals surface area contributed by atoms with Crippen LogP contribution in [0.15, 0.2) is 30.6 Å². The molecule has 0 aliphatic rings. The van der Waals surface area contributed by atoms with E-state index in [0.717, 1.165) is 11.5 Å². The number of pyridine rings is 1. The monoisotopic (exact) mass is 221 g/mol. The summed E-state index contributed by atoms with van der Waals surface area (Å²) < 4.78 is 12.2. The van der Waals surface area contributed by atoms with Crippen molar-refractivity contribution < 1.29 is 9.47 Å². The molecule has 0 saturated heterocycles. The lowest BCUT2D eigenvalue weighted by atomic mass is 10.4. The fraction of sp³-hybridized carbons (Fsp3) is 0.364. The molecule has 0 amide bonds. The van der Waals surface area contributed by atoms with Gasteiger partial charge in [-0.05, 0) is 12.1 Å². The molecule has 5 nitrogen and oxygen atoms in total. The summed E-state index contributed by atoms with van der Waals surface area (Å²) in [4.78, 5) is 4.21. The van der Waals surface area contributed by atoms with Crippen molar-refractivity contribution in [3.8, 4) is 0 Å². The number of aromatic nitrogens is 2. The van der Waals surface area contributed by atoms with Crippen LogP contribution in [-0.2, 0) is 9.47 Å².